The van der Waals surface area contributed by atoms with Gasteiger partial charge in [0.05, 0.1) is 0 Å². The van der Waals surface area contributed by atoms with Crippen LogP contribution in [0.4, 0.5) is 0 Å². The largest absolute Gasteiger partial charge is 0.299 e. The first-order valence-corrected chi connectivity index (χ1v) is 4.93. The highest BCUT2D eigenvalue weighted by Gasteiger charge is 2.00. The lowest BCUT2D eigenvalue weighted by Crippen LogP contribution is -1.83. The van der Waals surface area contributed by atoms with Gasteiger partial charge in [-0.3, -0.25) is 4.79 Å². The van der Waals surface area contributed by atoms with Gasteiger partial charge in [0.1, 0.15) is 6.29 Å². The van der Waals surface area contributed by atoms with Gasteiger partial charge in [0.2, 0.25) is 0 Å². The Labute approximate surface area is 89.0 Å². The van der Waals surface area contributed by atoms with Crippen LogP contribution in [-0.2, 0) is 4.79 Å². The SMILES string of the molecule is C/C(=C\C=O)c1cccc2ccccc12. The van der Waals surface area contributed by atoms with Crippen LogP contribution in [0.25, 0.3) is 16.3 Å². The molecule has 0 atom stereocenters. The lowest BCUT2D eigenvalue weighted by molar-refractivity contribution is -0.104. The third kappa shape index (κ3) is 1.82. The van der Waals surface area contributed by atoms with Gasteiger partial charge in [0, 0.05) is 0 Å². The number of fused-ring (bicyclic) bond motifs is 1. The molecule has 1 heteroatoms. The first kappa shape index (κ1) is 9.66. The van der Waals surface area contributed by atoms with Gasteiger partial charge >= 0.3 is 0 Å². The zero-order valence-corrected chi connectivity index (χ0v) is 8.60. The Bertz CT molecular complexity index is 518. The number of benzene rings is 2. The van der Waals surface area contributed by atoms with E-state index in [0.717, 1.165) is 17.4 Å². The van der Waals surface area contributed by atoms with Crippen LogP contribution >= 0.6 is 0 Å². The summed E-state index contributed by atoms with van der Waals surface area (Å²) in [5.74, 6) is 0. The molecule has 0 bridgehead atoms. The monoisotopic (exact) mass is 196 g/mol. The molecule has 0 unspecified atom stereocenters. The third-order valence-electron chi connectivity index (χ3n) is 2.53. The van der Waals surface area contributed by atoms with E-state index in [4.69, 9.17) is 0 Å². The molecule has 0 aliphatic rings. The summed E-state index contributed by atoms with van der Waals surface area (Å²) in [4.78, 5) is 10.4. The Kier molecular flexibility index (Phi) is 2.64. The van der Waals surface area contributed by atoms with Crippen molar-refractivity contribution >= 4 is 22.6 Å². The predicted molar refractivity (Wildman–Crippen MR) is 63.7 cm³/mol. The van der Waals surface area contributed by atoms with Crippen molar-refractivity contribution in [3.8, 4) is 0 Å². The fourth-order valence-electron chi connectivity index (χ4n) is 1.76. The van der Waals surface area contributed by atoms with E-state index < -0.39 is 0 Å². The average Bonchev–Trinajstić information content (AvgIpc) is 2.28. The minimum absolute atomic E-state index is 0.830. The van der Waals surface area contributed by atoms with Gasteiger partial charge in [-0.15, -0.1) is 0 Å². The van der Waals surface area contributed by atoms with Crippen LogP contribution < -0.4 is 0 Å². The van der Waals surface area contributed by atoms with E-state index in [0.29, 0.717) is 0 Å². The molecule has 2 aromatic rings. The summed E-state index contributed by atoms with van der Waals surface area (Å²) in [6, 6.07) is 14.3. The Morgan fingerprint density at radius 3 is 2.60 bits per heavy atom. The quantitative estimate of drug-likeness (QED) is 0.531. The Morgan fingerprint density at radius 2 is 1.80 bits per heavy atom. The number of aldehydes is 1. The van der Waals surface area contributed by atoms with Crippen LogP contribution in [0.2, 0.25) is 0 Å². The van der Waals surface area contributed by atoms with Crippen molar-refractivity contribution in [1.82, 2.24) is 0 Å². The van der Waals surface area contributed by atoms with Gasteiger partial charge in [-0.1, -0.05) is 42.5 Å². The summed E-state index contributed by atoms with van der Waals surface area (Å²) >= 11 is 0. The van der Waals surface area contributed by atoms with E-state index in [1.807, 2.05) is 31.2 Å². The molecule has 2 aromatic carbocycles. The zero-order chi connectivity index (χ0) is 10.7. The maximum atomic E-state index is 10.4. The molecule has 0 radical (unpaired) electrons. The van der Waals surface area contributed by atoms with Crippen molar-refractivity contribution in [2.45, 2.75) is 6.92 Å². The smallest absolute Gasteiger partial charge is 0.143 e. The number of rotatable bonds is 2. The summed E-state index contributed by atoms with van der Waals surface area (Å²) in [5.41, 5.74) is 2.13. The summed E-state index contributed by atoms with van der Waals surface area (Å²) in [6.45, 7) is 1.95. The molecule has 0 fully saturated rings. The summed E-state index contributed by atoms with van der Waals surface area (Å²) in [6.07, 6.45) is 2.43. The average molecular weight is 196 g/mol. The highest BCUT2D eigenvalue weighted by molar-refractivity contribution is 5.95. The summed E-state index contributed by atoms with van der Waals surface area (Å²) < 4.78 is 0. The third-order valence-corrected chi connectivity index (χ3v) is 2.53. The van der Waals surface area contributed by atoms with Crippen molar-refractivity contribution < 1.29 is 4.79 Å². The second kappa shape index (κ2) is 4.09. The molecule has 0 heterocycles. The zero-order valence-electron chi connectivity index (χ0n) is 8.60. The van der Waals surface area contributed by atoms with E-state index in [1.165, 1.54) is 10.8 Å². The van der Waals surface area contributed by atoms with E-state index in [9.17, 15) is 4.79 Å². The van der Waals surface area contributed by atoms with Crippen molar-refractivity contribution in [3.63, 3.8) is 0 Å². The number of hydrogen-bond donors (Lipinski definition) is 0. The Morgan fingerprint density at radius 1 is 1.07 bits per heavy atom. The van der Waals surface area contributed by atoms with Crippen LogP contribution in [0.5, 0.6) is 0 Å². The molecule has 0 aromatic heterocycles. The van der Waals surface area contributed by atoms with E-state index >= 15 is 0 Å². The normalized spacial score (nSPS) is 11.7. The Balaban J connectivity index is 2.71. The standard InChI is InChI=1S/C14H12O/c1-11(9-10-15)13-8-4-6-12-5-2-3-7-14(12)13/h2-10H,1H3/b11-9+. The maximum absolute atomic E-state index is 10.4. The first-order valence-electron chi connectivity index (χ1n) is 4.93. The second-order valence-electron chi connectivity index (χ2n) is 3.51. The van der Waals surface area contributed by atoms with Crippen molar-refractivity contribution in [3.05, 3.63) is 54.1 Å². The summed E-state index contributed by atoms with van der Waals surface area (Å²) in [5, 5.41) is 2.39. The topological polar surface area (TPSA) is 17.1 Å². The highest BCUT2D eigenvalue weighted by Crippen LogP contribution is 2.24. The van der Waals surface area contributed by atoms with Gasteiger partial charge in [0.15, 0.2) is 0 Å². The fraction of sp³-hybridized carbons (Fsp3) is 0.0714. The molecule has 74 valence electrons. The molecule has 15 heavy (non-hydrogen) atoms. The molecule has 0 saturated heterocycles. The van der Waals surface area contributed by atoms with Crippen LogP contribution in [0.3, 0.4) is 0 Å². The van der Waals surface area contributed by atoms with Crippen LogP contribution in [0, 0.1) is 0 Å². The predicted octanol–water partition coefficient (Wildman–Crippen LogP) is 3.44. The van der Waals surface area contributed by atoms with Gasteiger partial charge in [0.25, 0.3) is 0 Å². The highest BCUT2D eigenvalue weighted by atomic mass is 16.1. The van der Waals surface area contributed by atoms with Crippen molar-refractivity contribution in [1.29, 1.82) is 0 Å². The molecule has 0 amide bonds. The van der Waals surface area contributed by atoms with Gasteiger partial charge in [-0.2, -0.15) is 0 Å². The maximum Gasteiger partial charge on any atom is 0.143 e. The molecule has 1 nitrogen and oxygen atoms in total. The van der Waals surface area contributed by atoms with Gasteiger partial charge in [-0.05, 0) is 34.9 Å². The number of carbonyl (C=O) groups excluding carboxylic acids is 1. The molecule has 0 aliphatic heterocycles. The van der Waals surface area contributed by atoms with Crippen molar-refractivity contribution in [2.24, 2.45) is 0 Å². The Hall–Kier alpha value is -1.89. The molecular formula is C14H12O. The minimum atomic E-state index is 0.830. The molecule has 0 spiro atoms. The molecule has 0 aliphatic carbocycles. The molecule has 2 rings (SSSR count). The molecule has 0 N–H and O–H groups in total. The van der Waals surface area contributed by atoms with Crippen LogP contribution in [-0.4, -0.2) is 6.29 Å². The molecular weight excluding hydrogens is 184 g/mol. The minimum Gasteiger partial charge on any atom is -0.299 e. The van der Waals surface area contributed by atoms with Gasteiger partial charge in [-0.25, -0.2) is 0 Å². The lowest BCUT2D eigenvalue weighted by atomic mass is 9.99. The second-order valence-corrected chi connectivity index (χ2v) is 3.51. The fourth-order valence-corrected chi connectivity index (χ4v) is 1.76. The van der Waals surface area contributed by atoms with Gasteiger partial charge < -0.3 is 0 Å². The number of carbonyl (C=O) groups is 1. The van der Waals surface area contributed by atoms with E-state index in [1.54, 1.807) is 6.08 Å². The number of hydrogen-bond acceptors (Lipinski definition) is 1. The lowest BCUT2D eigenvalue weighted by Gasteiger charge is -2.05. The first-order chi connectivity index (χ1) is 7.33. The number of allylic oxidation sites excluding steroid dienone is 2. The van der Waals surface area contributed by atoms with Crippen LogP contribution in [0.15, 0.2) is 48.5 Å². The van der Waals surface area contributed by atoms with E-state index in [-0.39, 0.29) is 0 Å². The molecule has 0 saturated carbocycles. The van der Waals surface area contributed by atoms with Crippen molar-refractivity contribution in [2.75, 3.05) is 0 Å². The van der Waals surface area contributed by atoms with Crippen LogP contribution in [0.1, 0.15) is 12.5 Å². The van der Waals surface area contributed by atoms with E-state index in [2.05, 4.69) is 18.2 Å². The summed E-state index contributed by atoms with van der Waals surface area (Å²) in [7, 11) is 0.